The topological polar surface area (TPSA) is 59.4 Å². The summed E-state index contributed by atoms with van der Waals surface area (Å²) in [4.78, 5) is 7.19. The molecule has 0 unspecified atom stereocenters. The molecule has 0 bridgehead atoms. The quantitative estimate of drug-likeness (QED) is 0.701. The van der Waals surface area contributed by atoms with Gasteiger partial charge in [0.05, 0.1) is 6.33 Å². The van der Waals surface area contributed by atoms with Gasteiger partial charge < -0.3 is 9.55 Å². The van der Waals surface area contributed by atoms with Gasteiger partial charge >= 0.3 is 0 Å². The predicted molar refractivity (Wildman–Crippen MR) is 48.1 cm³/mol. The summed E-state index contributed by atoms with van der Waals surface area (Å²) in [6.07, 6.45) is 1.66. The molecule has 1 N–H and O–H groups in total. The number of nitrogens with one attached hydrogen (secondary N) is 1. The van der Waals surface area contributed by atoms with Crippen LogP contribution < -0.4 is 0 Å². The Balaban J connectivity index is 2.59. The minimum Gasteiger partial charge on any atom is -0.348 e. The average Bonchev–Trinajstić information content (AvgIpc) is 2.62. The van der Waals surface area contributed by atoms with E-state index in [1.165, 1.54) is 0 Å². The standard InChI is InChI=1S/C8H11N5/c1-5-7(10-4-9-5)8-12-11-6(2)13(8)3/h4H,1-3H3,(H,9,10). The zero-order valence-corrected chi connectivity index (χ0v) is 7.87. The summed E-state index contributed by atoms with van der Waals surface area (Å²) in [5.41, 5.74) is 1.87. The van der Waals surface area contributed by atoms with E-state index in [1.807, 2.05) is 25.5 Å². The van der Waals surface area contributed by atoms with Gasteiger partial charge in [0.1, 0.15) is 11.5 Å². The molecule has 13 heavy (non-hydrogen) atoms. The van der Waals surface area contributed by atoms with Crippen molar-refractivity contribution in [3.63, 3.8) is 0 Å². The van der Waals surface area contributed by atoms with Crippen molar-refractivity contribution in [1.82, 2.24) is 24.7 Å². The number of H-pyrrole nitrogens is 1. The van der Waals surface area contributed by atoms with Crippen LogP contribution in [0.2, 0.25) is 0 Å². The first-order valence-electron chi connectivity index (χ1n) is 4.06. The SMILES string of the molecule is Cc1[nH]cnc1-c1nnc(C)n1C. The van der Waals surface area contributed by atoms with Gasteiger partial charge in [-0.3, -0.25) is 0 Å². The van der Waals surface area contributed by atoms with Gasteiger partial charge in [-0.15, -0.1) is 10.2 Å². The molecule has 0 aromatic carbocycles. The summed E-state index contributed by atoms with van der Waals surface area (Å²) in [5.74, 6) is 1.69. The first-order valence-corrected chi connectivity index (χ1v) is 4.06. The number of hydrogen-bond donors (Lipinski definition) is 1. The van der Waals surface area contributed by atoms with E-state index in [9.17, 15) is 0 Å². The zero-order valence-electron chi connectivity index (χ0n) is 7.87. The molecule has 2 rings (SSSR count). The molecule has 2 aromatic rings. The van der Waals surface area contributed by atoms with E-state index in [0.717, 1.165) is 23.0 Å². The Bertz CT molecular complexity index is 425. The second-order valence-corrected chi connectivity index (χ2v) is 3.01. The van der Waals surface area contributed by atoms with E-state index in [1.54, 1.807) is 6.33 Å². The predicted octanol–water partition coefficient (Wildman–Crippen LogP) is 0.822. The molecular formula is C8H11N5. The van der Waals surface area contributed by atoms with E-state index >= 15 is 0 Å². The van der Waals surface area contributed by atoms with Gasteiger partial charge in [-0.25, -0.2) is 4.98 Å². The molecule has 5 heteroatoms. The first-order chi connectivity index (χ1) is 6.20. The molecule has 0 aliphatic carbocycles. The monoisotopic (exact) mass is 177 g/mol. The van der Waals surface area contributed by atoms with Crippen LogP contribution in [0.25, 0.3) is 11.5 Å². The largest absolute Gasteiger partial charge is 0.348 e. The number of aryl methyl sites for hydroxylation is 2. The van der Waals surface area contributed by atoms with Crippen LogP contribution in [0.3, 0.4) is 0 Å². The lowest BCUT2D eigenvalue weighted by Crippen LogP contribution is -1.96. The van der Waals surface area contributed by atoms with Crippen LogP contribution in [0.4, 0.5) is 0 Å². The fourth-order valence-corrected chi connectivity index (χ4v) is 1.20. The Labute approximate surface area is 75.8 Å². The summed E-state index contributed by atoms with van der Waals surface area (Å²) in [7, 11) is 1.93. The highest BCUT2D eigenvalue weighted by Crippen LogP contribution is 2.16. The fraction of sp³-hybridized carbons (Fsp3) is 0.375. The van der Waals surface area contributed by atoms with Crippen LogP contribution in [-0.4, -0.2) is 24.7 Å². The Morgan fingerprint density at radius 3 is 2.54 bits per heavy atom. The van der Waals surface area contributed by atoms with E-state index in [0.29, 0.717) is 0 Å². The van der Waals surface area contributed by atoms with Gasteiger partial charge in [-0.05, 0) is 13.8 Å². The normalized spacial score (nSPS) is 10.7. The zero-order chi connectivity index (χ0) is 9.42. The lowest BCUT2D eigenvalue weighted by atomic mass is 10.3. The summed E-state index contributed by atoms with van der Waals surface area (Å²) < 4.78 is 1.92. The van der Waals surface area contributed by atoms with Gasteiger partial charge in [0.2, 0.25) is 0 Å². The third kappa shape index (κ3) is 1.12. The molecule has 0 fully saturated rings. The summed E-state index contributed by atoms with van der Waals surface area (Å²) in [6, 6.07) is 0. The summed E-state index contributed by atoms with van der Waals surface area (Å²) in [6.45, 7) is 3.88. The highest BCUT2D eigenvalue weighted by atomic mass is 15.3. The summed E-state index contributed by atoms with van der Waals surface area (Å²) >= 11 is 0. The molecule has 0 amide bonds. The molecule has 5 nitrogen and oxygen atoms in total. The molecule has 2 heterocycles. The fourth-order valence-electron chi connectivity index (χ4n) is 1.20. The van der Waals surface area contributed by atoms with Crippen molar-refractivity contribution in [3.8, 4) is 11.5 Å². The molecule has 2 aromatic heterocycles. The molecule has 0 spiro atoms. The Morgan fingerprint density at radius 1 is 1.31 bits per heavy atom. The molecule has 0 aliphatic rings. The Kier molecular flexibility index (Phi) is 1.65. The van der Waals surface area contributed by atoms with Crippen molar-refractivity contribution in [2.24, 2.45) is 7.05 Å². The molecule has 0 atom stereocenters. The Morgan fingerprint density at radius 2 is 2.08 bits per heavy atom. The van der Waals surface area contributed by atoms with Crippen LogP contribution in [0.1, 0.15) is 11.5 Å². The summed E-state index contributed by atoms with van der Waals surface area (Å²) in [5, 5.41) is 8.02. The average molecular weight is 177 g/mol. The molecule has 0 saturated heterocycles. The van der Waals surface area contributed by atoms with Crippen LogP contribution >= 0.6 is 0 Å². The van der Waals surface area contributed by atoms with Crippen LogP contribution in [-0.2, 0) is 7.05 Å². The maximum Gasteiger partial charge on any atom is 0.184 e. The lowest BCUT2D eigenvalue weighted by Gasteiger charge is -1.98. The highest BCUT2D eigenvalue weighted by Gasteiger charge is 2.11. The molecule has 0 saturated carbocycles. The molecular weight excluding hydrogens is 166 g/mol. The van der Waals surface area contributed by atoms with E-state index in [-0.39, 0.29) is 0 Å². The molecule has 68 valence electrons. The van der Waals surface area contributed by atoms with Gasteiger partial charge in [-0.2, -0.15) is 0 Å². The van der Waals surface area contributed by atoms with Crippen LogP contribution in [0, 0.1) is 13.8 Å². The minimum atomic E-state index is 0.802. The number of aromatic amines is 1. The van der Waals surface area contributed by atoms with Gasteiger partial charge in [0.15, 0.2) is 5.82 Å². The van der Waals surface area contributed by atoms with Gasteiger partial charge in [-0.1, -0.05) is 0 Å². The van der Waals surface area contributed by atoms with E-state index in [2.05, 4.69) is 20.2 Å². The maximum absolute atomic E-state index is 4.18. The van der Waals surface area contributed by atoms with Crippen molar-refractivity contribution < 1.29 is 0 Å². The van der Waals surface area contributed by atoms with Gasteiger partial charge in [0, 0.05) is 12.7 Å². The number of rotatable bonds is 1. The second kappa shape index (κ2) is 2.69. The maximum atomic E-state index is 4.18. The minimum absolute atomic E-state index is 0.802. The number of aromatic nitrogens is 5. The lowest BCUT2D eigenvalue weighted by molar-refractivity contribution is 0.861. The third-order valence-electron chi connectivity index (χ3n) is 2.13. The first kappa shape index (κ1) is 7.97. The molecule has 0 aliphatic heterocycles. The van der Waals surface area contributed by atoms with Gasteiger partial charge in [0.25, 0.3) is 0 Å². The van der Waals surface area contributed by atoms with E-state index in [4.69, 9.17) is 0 Å². The highest BCUT2D eigenvalue weighted by molar-refractivity contribution is 5.52. The number of hydrogen-bond acceptors (Lipinski definition) is 3. The number of imidazole rings is 1. The van der Waals surface area contributed by atoms with Crippen molar-refractivity contribution in [2.45, 2.75) is 13.8 Å². The second-order valence-electron chi connectivity index (χ2n) is 3.01. The van der Waals surface area contributed by atoms with Crippen LogP contribution in [0.15, 0.2) is 6.33 Å². The van der Waals surface area contributed by atoms with Crippen molar-refractivity contribution in [2.75, 3.05) is 0 Å². The van der Waals surface area contributed by atoms with Crippen molar-refractivity contribution in [3.05, 3.63) is 17.8 Å². The Hall–Kier alpha value is -1.65. The van der Waals surface area contributed by atoms with Crippen molar-refractivity contribution >= 4 is 0 Å². The third-order valence-corrected chi connectivity index (χ3v) is 2.13. The number of nitrogens with zero attached hydrogens (tertiary/aromatic N) is 4. The van der Waals surface area contributed by atoms with Crippen LogP contribution in [0.5, 0.6) is 0 Å². The van der Waals surface area contributed by atoms with E-state index < -0.39 is 0 Å². The smallest absolute Gasteiger partial charge is 0.184 e. The molecule has 0 radical (unpaired) electrons. The van der Waals surface area contributed by atoms with Crippen molar-refractivity contribution in [1.29, 1.82) is 0 Å².